The van der Waals surface area contributed by atoms with Gasteiger partial charge in [-0.2, -0.15) is 0 Å². The number of aromatic nitrogens is 2. The number of aliphatic hydroxyl groups excluding tert-OH is 1. The molecule has 1 unspecified atom stereocenters. The van der Waals surface area contributed by atoms with Gasteiger partial charge in [0, 0.05) is 11.1 Å². The van der Waals surface area contributed by atoms with Crippen molar-refractivity contribution in [3.8, 4) is 5.75 Å². The molecular weight excluding hydrogens is 485 g/mol. The number of carbonyl (C=O) groups is 2. The zero-order valence-corrected chi connectivity index (χ0v) is 21.6. The summed E-state index contributed by atoms with van der Waals surface area (Å²) in [6, 6.07) is 17.3. The number of ketones is 1. The molecule has 1 atom stereocenters. The lowest BCUT2D eigenvalue weighted by molar-refractivity contribution is -0.132. The summed E-state index contributed by atoms with van der Waals surface area (Å²) in [6.45, 7) is 8.47. The van der Waals surface area contributed by atoms with Crippen LogP contribution in [-0.4, -0.2) is 33.4 Å². The number of anilines is 1. The Hall–Kier alpha value is -4.46. The van der Waals surface area contributed by atoms with Crippen molar-refractivity contribution < 1.29 is 23.8 Å². The summed E-state index contributed by atoms with van der Waals surface area (Å²) in [5, 5.41) is 11.6. The highest BCUT2D eigenvalue weighted by Crippen LogP contribution is 2.42. The number of ether oxygens (including phenoxy) is 1. The Morgan fingerprint density at radius 3 is 2.50 bits per heavy atom. The van der Waals surface area contributed by atoms with Crippen LogP contribution in [-0.2, 0) is 15.0 Å². The van der Waals surface area contributed by atoms with Crippen molar-refractivity contribution in [1.29, 1.82) is 0 Å². The topological polar surface area (TPSA) is 95.5 Å². The first-order chi connectivity index (χ1) is 18.1. The Bertz CT molecular complexity index is 1580. The second-order valence-electron chi connectivity index (χ2n) is 10.2. The third kappa shape index (κ3) is 4.32. The van der Waals surface area contributed by atoms with E-state index in [1.807, 2.05) is 33.8 Å². The van der Waals surface area contributed by atoms with Crippen LogP contribution in [0.4, 0.5) is 10.3 Å². The van der Waals surface area contributed by atoms with E-state index in [1.165, 1.54) is 23.1 Å². The van der Waals surface area contributed by atoms with Gasteiger partial charge in [0.05, 0.1) is 29.3 Å². The minimum atomic E-state index is -0.953. The molecule has 2 N–H and O–H groups in total. The molecule has 1 aliphatic rings. The van der Waals surface area contributed by atoms with Crippen molar-refractivity contribution in [3.05, 3.63) is 94.8 Å². The lowest BCUT2D eigenvalue weighted by atomic mass is 9.84. The predicted octanol–water partition coefficient (Wildman–Crippen LogP) is 6.02. The SMILES string of the molecule is CCOc1ccc(/C(O)=C2\C(=O)C(=O)N(c3nc4ccc(F)cc4[nH]3)C2c2ccccc2)cc1C(C)(C)C. The van der Waals surface area contributed by atoms with E-state index in [-0.39, 0.29) is 22.7 Å². The van der Waals surface area contributed by atoms with Gasteiger partial charge in [0.1, 0.15) is 17.3 Å². The number of nitrogens with one attached hydrogen (secondary N) is 1. The van der Waals surface area contributed by atoms with Gasteiger partial charge in [-0.05, 0) is 54.3 Å². The number of Topliss-reactive ketones (excluding diaryl/α,β-unsaturated/α-hetero) is 1. The van der Waals surface area contributed by atoms with Gasteiger partial charge in [-0.15, -0.1) is 0 Å². The van der Waals surface area contributed by atoms with Crippen LogP contribution in [0.1, 0.15) is 50.4 Å². The predicted molar refractivity (Wildman–Crippen MR) is 144 cm³/mol. The monoisotopic (exact) mass is 513 g/mol. The Balaban J connectivity index is 1.71. The van der Waals surface area contributed by atoms with Crippen molar-refractivity contribution in [2.75, 3.05) is 11.5 Å². The van der Waals surface area contributed by atoms with E-state index in [0.717, 1.165) is 5.56 Å². The summed E-state index contributed by atoms with van der Waals surface area (Å²) < 4.78 is 19.6. The second kappa shape index (κ2) is 9.45. The van der Waals surface area contributed by atoms with Crippen LogP contribution < -0.4 is 9.64 Å². The number of hydrogen-bond acceptors (Lipinski definition) is 5. The van der Waals surface area contributed by atoms with E-state index in [2.05, 4.69) is 9.97 Å². The summed E-state index contributed by atoms with van der Waals surface area (Å²) in [5.41, 5.74) is 2.32. The molecule has 8 heteroatoms. The van der Waals surface area contributed by atoms with E-state index >= 15 is 0 Å². The Morgan fingerprint density at radius 1 is 1.08 bits per heavy atom. The van der Waals surface area contributed by atoms with Gasteiger partial charge in [0.15, 0.2) is 0 Å². The van der Waals surface area contributed by atoms with E-state index in [9.17, 15) is 19.1 Å². The second-order valence-corrected chi connectivity index (χ2v) is 10.2. The molecule has 1 saturated heterocycles. The molecule has 194 valence electrons. The van der Waals surface area contributed by atoms with Gasteiger partial charge in [0.2, 0.25) is 5.95 Å². The number of carbonyl (C=O) groups excluding carboxylic acids is 2. The van der Waals surface area contributed by atoms with Crippen LogP contribution in [0.3, 0.4) is 0 Å². The Kier molecular flexibility index (Phi) is 6.26. The van der Waals surface area contributed by atoms with Crippen molar-refractivity contribution in [2.24, 2.45) is 0 Å². The zero-order valence-electron chi connectivity index (χ0n) is 21.6. The molecule has 1 amide bonds. The summed E-state index contributed by atoms with van der Waals surface area (Å²) in [6.07, 6.45) is 0. The number of imidazole rings is 1. The number of benzene rings is 3. The van der Waals surface area contributed by atoms with Crippen LogP contribution in [0.25, 0.3) is 16.8 Å². The van der Waals surface area contributed by atoms with E-state index in [4.69, 9.17) is 4.74 Å². The summed E-state index contributed by atoms with van der Waals surface area (Å²) in [7, 11) is 0. The number of amides is 1. The highest BCUT2D eigenvalue weighted by molar-refractivity contribution is 6.51. The van der Waals surface area contributed by atoms with Crippen LogP contribution >= 0.6 is 0 Å². The molecule has 0 saturated carbocycles. The minimum absolute atomic E-state index is 0.0585. The third-order valence-corrected chi connectivity index (χ3v) is 6.58. The number of rotatable bonds is 5. The van der Waals surface area contributed by atoms with Gasteiger partial charge in [-0.1, -0.05) is 51.1 Å². The number of aliphatic hydroxyl groups is 1. The van der Waals surface area contributed by atoms with Gasteiger partial charge in [-0.3, -0.25) is 14.5 Å². The molecular formula is C30H28FN3O4. The molecule has 1 fully saturated rings. The summed E-state index contributed by atoms with van der Waals surface area (Å²) in [4.78, 5) is 35.5. The fraction of sp³-hybridized carbons (Fsp3) is 0.233. The molecule has 7 nitrogen and oxygen atoms in total. The average Bonchev–Trinajstić information content (AvgIpc) is 3.41. The number of aromatic amines is 1. The van der Waals surface area contributed by atoms with Crippen molar-refractivity contribution >= 4 is 34.4 Å². The Labute approximate surface area is 219 Å². The summed E-state index contributed by atoms with van der Waals surface area (Å²) >= 11 is 0. The third-order valence-electron chi connectivity index (χ3n) is 6.58. The molecule has 0 spiro atoms. The minimum Gasteiger partial charge on any atom is -0.507 e. The molecule has 0 aliphatic carbocycles. The molecule has 1 aliphatic heterocycles. The number of nitrogens with zero attached hydrogens (tertiary/aromatic N) is 2. The Morgan fingerprint density at radius 2 is 1.82 bits per heavy atom. The molecule has 0 bridgehead atoms. The molecule has 0 radical (unpaired) electrons. The van der Waals surface area contributed by atoms with Crippen LogP contribution in [0.15, 0.2) is 72.3 Å². The molecule has 3 aromatic carbocycles. The number of H-pyrrole nitrogens is 1. The quantitative estimate of drug-likeness (QED) is 0.193. The molecule has 1 aromatic heterocycles. The highest BCUT2D eigenvalue weighted by atomic mass is 19.1. The van der Waals surface area contributed by atoms with Crippen LogP contribution in [0.2, 0.25) is 0 Å². The van der Waals surface area contributed by atoms with E-state index < -0.39 is 23.5 Å². The van der Waals surface area contributed by atoms with E-state index in [1.54, 1.807) is 42.5 Å². The molecule has 4 aromatic rings. The van der Waals surface area contributed by atoms with Gasteiger partial charge in [0.25, 0.3) is 5.78 Å². The lowest BCUT2D eigenvalue weighted by Gasteiger charge is -2.25. The van der Waals surface area contributed by atoms with Crippen molar-refractivity contribution in [2.45, 2.75) is 39.2 Å². The van der Waals surface area contributed by atoms with Crippen molar-refractivity contribution in [3.63, 3.8) is 0 Å². The summed E-state index contributed by atoms with van der Waals surface area (Å²) in [5.74, 6) is -1.67. The first kappa shape index (κ1) is 25.2. The maximum Gasteiger partial charge on any atom is 0.302 e. The van der Waals surface area contributed by atoms with Crippen LogP contribution in [0.5, 0.6) is 5.75 Å². The van der Waals surface area contributed by atoms with Gasteiger partial charge < -0.3 is 14.8 Å². The fourth-order valence-corrected chi connectivity index (χ4v) is 4.78. The lowest BCUT2D eigenvalue weighted by Crippen LogP contribution is -2.30. The average molecular weight is 514 g/mol. The smallest absolute Gasteiger partial charge is 0.302 e. The zero-order chi connectivity index (χ0) is 27.2. The molecule has 2 heterocycles. The number of fused-ring (bicyclic) bond motifs is 1. The molecule has 38 heavy (non-hydrogen) atoms. The first-order valence-electron chi connectivity index (χ1n) is 12.4. The van der Waals surface area contributed by atoms with Crippen LogP contribution in [0, 0.1) is 5.82 Å². The molecule has 5 rings (SSSR count). The highest BCUT2D eigenvalue weighted by Gasteiger charge is 2.48. The van der Waals surface area contributed by atoms with E-state index in [0.29, 0.717) is 34.5 Å². The number of halogens is 1. The largest absolute Gasteiger partial charge is 0.507 e. The number of hydrogen-bond donors (Lipinski definition) is 2. The fourth-order valence-electron chi connectivity index (χ4n) is 4.78. The maximum atomic E-state index is 13.8. The first-order valence-corrected chi connectivity index (χ1v) is 12.4. The van der Waals surface area contributed by atoms with Gasteiger partial charge >= 0.3 is 5.91 Å². The maximum absolute atomic E-state index is 13.8. The van der Waals surface area contributed by atoms with Gasteiger partial charge in [-0.25, -0.2) is 9.37 Å². The standard InChI is InChI=1S/C30H28FN3O4/c1-5-38-23-14-11-18(15-20(23)30(2,3)4)26(35)24-25(17-9-7-6-8-10-17)34(28(37)27(24)36)29-32-21-13-12-19(31)16-22(21)33-29/h6-16,25,35H,5H2,1-4H3,(H,32,33)/b26-24+. The van der Waals surface area contributed by atoms with Crippen molar-refractivity contribution in [1.82, 2.24) is 9.97 Å². The normalized spacial score (nSPS) is 17.4.